The fourth-order valence-corrected chi connectivity index (χ4v) is 2.86. The molecule has 2 aromatic rings. The maximum absolute atomic E-state index is 11.3. The van der Waals surface area contributed by atoms with Gasteiger partial charge in [-0.3, -0.25) is 0 Å². The third-order valence-electron chi connectivity index (χ3n) is 3.04. The van der Waals surface area contributed by atoms with Crippen LogP contribution in [0.25, 0.3) is 10.8 Å². The molecule has 2 rings (SSSR count). The van der Waals surface area contributed by atoms with E-state index in [1.54, 1.807) is 0 Å². The van der Waals surface area contributed by atoms with Crippen LogP contribution in [0.5, 0.6) is 0 Å². The molecule has 6 nitrogen and oxygen atoms in total. The van der Waals surface area contributed by atoms with Crippen LogP contribution in [0, 0.1) is 0 Å². The van der Waals surface area contributed by atoms with Gasteiger partial charge in [0.15, 0.2) is 0 Å². The molecule has 20 heavy (non-hydrogen) atoms. The van der Waals surface area contributed by atoms with E-state index < -0.39 is 17.9 Å². The number of aromatic carboxylic acids is 3. The predicted octanol–water partition coefficient (Wildman–Crippen LogP) is 0.728. The molecule has 0 bridgehead atoms. The summed E-state index contributed by atoms with van der Waals surface area (Å²) in [7, 11) is 0. The van der Waals surface area contributed by atoms with Crippen LogP contribution < -0.4 is 2.81 Å². The number of rotatable bonds is 3. The molecule has 0 saturated carbocycles. The van der Waals surface area contributed by atoms with Crippen molar-refractivity contribution in [2.75, 3.05) is 0 Å². The molecule has 0 atom stereocenters. The average Bonchev–Trinajstić information content (AvgIpc) is 2.37. The first-order valence-corrected chi connectivity index (χ1v) is 6.60. The van der Waals surface area contributed by atoms with Crippen molar-refractivity contribution < 1.29 is 29.7 Å². The molecule has 0 aliphatic carbocycles. The van der Waals surface area contributed by atoms with Crippen LogP contribution >= 0.6 is 0 Å². The Morgan fingerprint density at radius 2 is 1.50 bits per heavy atom. The second kappa shape index (κ2) is 5.24. The van der Waals surface area contributed by atoms with Gasteiger partial charge in [0.2, 0.25) is 0 Å². The molecule has 0 fully saturated rings. The molecule has 0 radical (unpaired) electrons. The van der Waals surface area contributed by atoms with Crippen LogP contribution in [0.4, 0.5) is 0 Å². The van der Waals surface area contributed by atoms with Crippen LogP contribution in [-0.4, -0.2) is 61.2 Å². The molecule has 0 aliphatic rings. The summed E-state index contributed by atoms with van der Waals surface area (Å²) in [4.78, 5) is 33.5. The van der Waals surface area contributed by atoms with Crippen molar-refractivity contribution in [1.82, 2.24) is 0 Å². The third-order valence-corrected chi connectivity index (χ3v) is 3.86. The third kappa shape index (κ3) is 2.40. The monoisotopic (exact) mass is 282 g/mol. The summed E-state index contributed by atoms with van der Waals surface area (Å²) in [6, 6.07) is 5.42. The number of hydrogen-bond donors (Lipinski definition) is 3. The quantitative estimate of drug-likeness (QED) is 0.715. The first kappa shape index (κ1) is 14.5. The Balaban J connectivity index is 2.98. The predicted molar refractivity (Wildman–Crippen MR) is 70.2 cm³/mol. The zero-order valence-corrected chi connectivity index (χ0v) is 12.4. The number of fused-ring (bicyclic) bond motifs is 1. The van der Waals surface area contributed by atoms with Gasteiger partial charge in [-0.25, -0.2) is 0 Å². The van der Waals surface area contributed by atoms with Crippen molar-refractivity contribution in [2.24, 2.45) is 0 Å². The van der Waals surface area contributed by atoms with Crippen molar-refractivity contribution in [3.05, 3.63) is 41.0 Å². The Morgan fingerprint density at radius 1 is 0.850 bits per heavy atom. The van der Waals surface area contributed by atoms with Gasteiger partial charge >= 0.3 is 130 Å². The van der Waals surface area contributed by atoms with Gasteiger partial charge in [0.05, 0.1) is 0 Å². The molecular formula is C13H7NaO6. The van der Waals surface area contributed by atoms with E-state index in [9.17, 15) is 19.5 Å². The van der Waals surface area contributed by atoms with Gasteiger partial charge in [-0.05, 0) is 0 Å². The minimum absolute atomic E-state index is 0.0800. The first-order valence-electron chi connectivity index (χ1n) is 5.60. The molecule has 0 amide bonds. The van der Waals surface area contributed by atoms with Crippen molar-refractivity contribution >= 4 is 59.4 Å². The van der Waals surface area contributed by atoms with Gasteiger partial charge in [0, 0.05) is 0 Å². The van der Waals surface area contributed by atoms with Gasteiger partial charge in [0.25, 0.3) is 0 Å². The molecule has 0 saturated heterocycles. The second-order valence-electron chi connectivity index (χ2n) is 4.29. The van der Waals surface area contributed by atoms with Gasteiger partial charge in [0.1, 0.15) is 0 Å². The molecule has 0 aromatic heterocycles. The Kier molecular flexibility index (Phi) is 3.80. The molecule has 0 spiro atoms. The fourth-order valence-electron chi connectivity index (χ4n) is 2.14. The van der Waals surface area contributed by atoms with Crippen molar-refractivity contribution in [3.63, 3.8) is 0 Å². The van der Waals surface area contributed by atoms with Gasteiger partial charge < -0.3 is 0 Å². The zero-order valence-electron chi connectivity index (χ0n) is 10.4. The molecule has 2 aromatic carbocycles. The normalized spacial score (nSPS) is 10.5. The first-order chi connectivity index (χ1) is 9.32. The topological polar surface area (TPSA) is 112 Å². The summed E-state index contributed by atoms with van der Waals surface area (Å²) in [5.74, 6) is -3.93. The second-order valence-corrected chi connectivity index (χ2v) is 5.37. The van der Waals surface area contributed by atoms with Crippen LogP contribution in [0.3, 0.4) is 0 Å². The Morgan fingerprint density at radius 3 is 2.00 bits per heavy atom. The van der Waals surface area contributed by atoms with Gasteiger partial charge in [-0.2, -0.15) is 0 Å². The zero-order chi connectivity index (χ0) is 15.0. The Hall–Kier alpha value is -1.89. The average molecular weight is 282 g/mol. The van der Waals surface area contributed by atoms with Crippen molar-refractivity contribution in [2.45, 2.75) is 0 Å². The minimum atomic E-state index is -1.39. The number of benzene rings is 2. The molecule has 96 valence electrons. The van der Waals surface area contributed by atoms with Crippen LogP contribution in [0.15, 0.2) is 24.3 Å². The Labute approximate surface area is 130 Å². The van der Waals surface area contributed by atoms with E-state index in [-0.39, 0.29) is 22.1 Å². The molecule has 7 heteroatoms. The van der Waals surface area contributed by atoms with Crippen LogP contribution in [0.1, 0.15) is 31.1 Å². The molecule has 0 heterocycles. The molecule has 3 N–H and O–H groups in total. The number of hydrogen-bond acceptors (Lipinski definition) is 3. The van der Waals surface area contributed by atoms with E-state index in [1.165, 1.54) is 24.3 Å². The van der Waals surface area contributed by atoms with E-state index in [4.69, 9.17) is 10.2 Å². The summed E-state index contributed by atoms with van der Waals surface area (Å²) in [6.07, 6.45) is 0. The number of carbonyl (C=O) groups is 3. The summed E-state index contributed by atoms with van der Waals surface area (Å²) in [5.41, 5.74) is -0.781. The SMILES string of the molecule is O=C(O)c1ccc2[c]([Na])cc(C(=O)O)c(C(=O)O)c2c1. The number of carboxylic acid groups (broad SMARTS) is 3. The summed E-state index contributed by atoms with van der Waals surface area (Å²) in [5, 5.41) is 28.0. The number of carboxylic acids is 3. The van der Waals surface area contributed by atoms with Crippen molar-refractivity contribution in [1.29, 1.82) is 0 Å². The van der Waals surface area contributed by atoms with Crippen molar-refractivity contribution in [3.8, 4) is 0 Å². The van der Waals surface area contributed by atoms with E-state index in [2.05, 4.69) is 0 Å². The molecule has 0 aliphatic heterocycles. The summed E-state index contributed by atoms with van der Waals surface area (Å²) in [6.45, 7) is 0. The fraction of sp³-hybridized carbons (Fsp3) is 0. The summed E-state index contributed by atoms with van der Waals surface area (Å²) >= 11 is 0.516. The van der Waals surface area contributed by atoms with E-state index in [1.807, 2.05) is 0 Å². The van der Waals surface area contributed by atoms with Crippen LogP contribution in [-0.2, 0) is 0 Å². The standard InChI is InChI=1S/C13H7O6.Na/c14-11(15)7-2-1-6-3-4-8(12(16)17)10(13(18)19)9(6)5-7;/h1-2,4-5H,(H,14,15)(H,16,17)(H,18,19);. The Bertz CT molecular complexity index is 765. The van der Waals surface area contributed by atoms with E-state index in [0.29, 0.717) is 36.1 Å². The molecular weight excluding hydrogens is 275 g/mol. The molecule has 0 unspecified atom stereocenters. The van der Waals surface area contributed by atoms with E-state index in [0.717, 1.165) is 0 Å². The van der Waals surface area contributed by atoms with Gasteiger partial charge in [-0.1, -0.05) is 0 Å². The van der Waals surface area contributed by atoms with Crippen LogP contribution in [0.2, 0.25) is 0 Å². The van der Waals surface area contributed by atoms with E-state index >= 15 is 0 Å². The summed E-state index contributed by atoms with van der Waals surface area (Å²) < 4.78 is 0.708. The van der Waals surface area contributed by atoms with Gasteiger partial charge in [-0.15, -0.1) is 0 Å². The maximum atomic E-state index is 11.3.